The van der Waals surface area contributed by atoms with Gasteiger partial charge in [-0.1, -0.05) is 11.6 Å². The first-order valence-corrected chi connectivity index (χ1v) is 8.56. The molecule has 2 aliphatic carbocycles. The summed E-state index contributed by atoms with van der Waals surface area (Å²) in [6, 6.07) is 1.23. The molecule has 0 saturated heterocycles. The number of rotatable bonds is 4. The molecule has 0 amide bonds. The van der Waals surface area contributed by atoms with Crippen molar-refractivity contribution in [3.8, 4) is 0 Å². The minimum absolute atomic E-state index is 0.226. The Morgan fingerprint density at radius 3 is 2.59 bits per heavy atom. The molecule has 1 aromatic carbocycles. The average molecular weight is 319 g/mol. The minimum atomic E-state index is -2.12. The van der Waals surface area contributed by atoms with Crippen LogP contribution in [0.1, 0.15) is 60.5 Å². The van der Waals surface area contributed by atoms with E-state index in [1.54, 1.807) is 6.07 Å². The van der Waals surface area contributed by atoms with Gasteiger partial charge < -0.3 is 21.4 Å². The molecular weight excluding hydrogens is 298 g/mol. The molecule has 5 nitrogen and oxygen atoms in total. The fourth-order valence-corrected chi connectivity index (χ4v) is 3.89. The highest BCUT2D eigenvalue weighted by molar-refractivity contribution is 7.79. The molecule has 0 aromatic heterocycles. The average Bonchev–Trinajstić information content (AvgIpc) is 3.26. The van der Waals surface area contributed by atoms with Gasteiger partial charge in [-0.05, 0) is 49.3 Å². The zero-order valence-electron chi connectivity index (χ0n) is 12.5. The Morgan fingerprint density at radius 2 is 2.05 bits per heavy atom. The van der Waals surface area contributed by atoms with E-state index in [-0.39, 0.29) is 12.1 Å². The van der Waals surface area contributed by atoms with Gasteiger partial charge in [0.15, 0.2) is 11.1 Å². The van der Waals surface area contributed by atoms with E-state index in [0.717, 1.165) is 24.0 Å². The van der Waals surface area contributed by atoms with Gasteiger partial charge in [-0.25, -0.2) is 4.21 Å². The highest BCUT2D eigenvalue weighted by Gasteiger charge is 2.32. The summed E-state index contributed by atoms with van der Waals surface area (Å²) in [6.45, 7) is 2.04. The summed E-state index contributed by atoms with van der Waals surface area (Å²) in [5.41, 5.74) is 16.4. The lowest BCUT2D eigenvalue weighted by molar-refractivity contribution is 0.564. The van der Waals surface area contributed by atoms with Crippen LogP contribution in [0, 0.1) is 11.3 Å². The second-order valence-corrected chi connectivity index (χ2v) is 7.15. The van der Waals surface area contributed by atoms with E-state index in [1.165, 1.54) is 11.8 Å². The molecule has 2 aliphatic rings. The largest absolute Gasteiger partial charge is 0.324 e. The number of hydrogen-bond acceptors (Lipinski definition) is 4. The van der Waals surface area contributed by atoms with Gasteiger partial charge in [-0.15, -0.1) is 0 Å². The van der Waals surface area contributed by atoms with Crippen molar-refractivity contribution in [2.45, 2.75) is 43.2 Å². The van der Waals surface area contributed by atoms with Crippen LogP contribution in [0.5, 0.6) is 0 Å². The molecule has 1 saturated carbocycles. The van der Waals surface area contributed by atoms with Crippen LogP contribution in [0.4, 0.5) is 0 Å². The van der Waals surface area contributed by atoms with E-state index < -0.39 is 11.1 Å². The van der Waals surface area contributed by atoms with E-state index in [0.29, 0.717) is 28.4 Å². The van der Waals surface area contributed by atoms with Gasteiger partial charge >= 0.3 is 0 Å². The van der Waals surface area contributed by atoms with Crippen molar-refractivity contribution in [1.82, 2.24) is 0 Å². The summed E-state index contributed by atoms with van der Waals surface area (Å²) in [5.74, 6) is 0.558. The third-order valence-electron chi connectivity index (χ3n) is 4.65. The highest BCUT2D eigenvalue weighted by Crippen LogP contribution is 2.43. The fourth-order valence-electron chi connectivity index (χ4n) is 3.30. The lowest BCUT2D eigenvalue weighted by atomic mass is 9.94. The summed E-state index contributed by atoms with van der Waals surface area (Å²) >= 11 is -2.12. The number of fused-ring (bicyclic) bond motifs is 1. The molecule has 3 unspecified atom stereocenters. The number of nitrogens with one attached hydrogen (secondary N) is 1. The number of benzene rings is 1. The smallest absolute Gasteiger partial charge is 0.187 e. The molecular formula is C16H21N3O2S. The zero-order chi connectivity index (χ0) is 16.0. The Balaban J connectivity index is 2.26. The van der Waals surface area contributed by atoms with Crippen LogP contribution in [0.25, 0.3) is 6.08 Å². The lowest BCUT2D eigenvalue weighted by Crippen LogP contribution is -2.11. The van der Waals surface area contributed by atoms with Crippen LogP contribution >= 0.6 is 0 Å². The van der Waals surface area contributed by atoms with Crippen LogP contribution < -0.4 is 11.5 Å². The van der Waals surface area contributed by atoms with Gasteiger partial charge in [-0.2, -0.15) is 0 Å². The predicted molar refractivity (Wildman–Crippen MR) is 88.2 cm³/mol. The Labute approximate surface area is 132 Å². The fraction of sp³-hybridized carbons (Fsp3) is 0.438. The van der Waals surface area contributed by atoms with E-state index in [9.17, 15) is 8.76 Å². The van der Waals surface area contributed by atoms with Crippen LogP contribution in [0.2, 0.25) is 0 Å². The zero-order valence-corrected chi connectivity index (χ0v) is 13.3. The highest BCUT2D eigenvalue weighted by atomic mass is 32.2. The molecule has 0 heterocycles. The first kappa shape index (κ1) is 15.6. The first-order valence-electron chi connectivity index (χ1n) is 7.45. The topological polar surface area (TPSA) is 113 Å². The van der Waals surface area contributed by atoms with Crippen molar-refractivity contribution < 1.29 is 8.76 Å². The maximum absolute atomic E-state index is 11.8. The maximum atomic E-state index is 11.8. The molecule has 3 rings (SSSR count). The summed E-state index contributed by atoms with van der Waals surface area (Å²) in [5, 5.41) is 7.78. The van der Waals surface area contributed by atoms with Crippen LogP contribution in [0.3, 0.4) is 0 Å². The molecule has 0 aliphatic heterocycles. The van der Waals surface area contributed by atoms with Crippen LogP contribution in [0.15, 0.2) is 16.5 Å². The van der Waals surface area contributed by atoms with E-state index in [2.05, 4.69) is 0 Å². The Morgan fingerprint density at radius 1 is 1.36 bits per heavy atom. The SMILES string of the molecule is C/C(=C\c1c(S(=O)O)cc2c(c1C=N)C(N)CC2N)C1CC1. The van der Waals surface area contributed by atoms with Crippen molar-refractivity contribution >= 4 is 23.4 Å². The monoisotopic (exact) mass is 319 g/mol. The minimum Gasteiger partial charge on any atom is -0.324 e. The third-order valence-corrected chi connectivity index (χ3v) is 5.36. The van der Waals surface area contributed by atoms with E-state index >= 15 is 0 Å². The molecule has 118 valence electrons. The molecule has 0 bridgehead atoms. The van der Waals surface area contributed by atoms with Gasteiger partial charge in [0.25, 0.3) is 0 Å². The Hall–Kier alpha value is -1.34. The summed E-state index contributed by atoms with van der Waals surface area (Å²) in [4.78, 5) is 0.321. The van der Waals surface area contributed by atoms with Crippen molar-refractivity contribution in [2.24, 2.45) is 17.4 Å². The molecule has 1 aromatic rings. The van der Waals surface area contributed by atoms with Gasteiger partial charge in [-0.3, -0.25) is 0 Å². The molecule has 1 fully saturated rings. The Bertz CT molecular complexity index is 695. The molecule has 22 heavy (non-hydrogen) atoms. The van der Waals surface area contributed by atoms with E-state index in [4.69, 9.17) is 16.9 Å². The van der Waals surface area contributed by atoms with Gasteiger partial charge in [0.1, 0.15) is 0 Å². The summed E-state index contributed by atoms with van der Waals surface area (Å²) < 4.78 is 21.5. The van der Waals surface area contributed by atoms with Crippen molar-refractivity contribution in [3.63, 3.8) is 0 Å². The van der Waals surface area contributed by atoms with Crippen LogP contribution in [-0.2, 0) is 11.1 Å². The quantitative estimate of drug-likeness (QED) is 0.504. The standard InChI is InChI=1S/C16H21N3O2S/c1-8(9-2-3-9)4-10-12(7-17)16-11(5-15(10)22(20)21)13(18)6-14(16)19/h4-5,7,9,13-14,17H,2-3,6,18-19H2,1H3,(H,20,21)/b8-4+,17-7?. The lowest BCUT2D eigenvalue weighted by Gasteiger charge is -2.16. The molecule has 0 radical (unpaired) electrons. The number of hydrogen-bond donors (Lipinski definition) is 4. The molecule has 6 N–H and O–H groups in total. The second kappa shape index (κ2) is 5.70. The number of allylic oxidation sites excluding steroid dienone is 1. The molecule has 6 heteroatoms. The van der Waals surface area contributed by atoms with Crippen molar-refractivity contribution in [3.05, 3.63) is 33.9 Å². The molecule has 3 atom stereocenters. The van der Waals surface area contributed by atoms with Gasteiger partial charge in [0, 0.05) is 29.4 Å². The van der Waals surface area contributed by atoms with Crippen LogP contribution in [-0.4, -0.2) is 15.0 Å². The second-order valence-electron chi connectivity index (χ2n) is 6.21. The third kappa shape index (κ3) is 2.56. The first-order chi connectivity index (χ1) is 10.4. The maximum Gasteiger partial charge on any atom is 0.187 e. The van der Waals surface area contributed by atoms with Crippen molar-refractivity contribution in [1.29, 1.82) is 5.41 Å². The van der Waals surface area contributed by atoms with Gasteiger partial charge in [0.2, 0.25) is 0 Å². The molecule has 0 spiro atoms. The summed E-state index contributed by atoms with van der Waals surface area (Å²) in [6.07, 6.45) is 6.10. The number of nitrogens with two attached hydrogens (primary N) is 2. The Kier molecular flexibility index (Phi) is 4.03. The van der Waals surface area contributed by atoms with Gasteiger partial charge in [0.05, 0.1) is 4.90 Å². The van der Waals surface area contributed by atoms with Crippen molar-refractivity contribution in [2.75, 3.05) is 0 Å². The normalized spacial score (nSPS) is 25.9. The predicted octanol–water partition coefficient (Wildman–Crippen LogP) is 2.48. The van der Waals surface area contributed by atoms with E-state index in [1.807, 2.05) is 13.0 Å². The summed E-state index contributed by atoms with van der Waals surface area (Å²) in [7, 11) is 0.